The normalized spacial score (nSPS) is 18.2. The first-order chi connectivity index (χ1) is 6.12. The molecule has 1 saturated heterocycles. The molecule has 0 aromatic heterocycles. The van der Waals surface area contributed by atoms with E-state index < -0.39 is 0 Å². The molecule has 0 radical (unpaired) electrons. The molecule has 0 bridgehead atoms. The molecule has 3 N–H and O–H groups in total. The second-order valence-electron chi connectivity index (χ2n) is 3.38. The first kappa shape index (κ1) is 12.1. The minimum absolute atomic E-state index is 0. The molecule has 5 heteroatoms. The number of nitrogens with one attached hydrogen (secondary N) is 1. The van der Waals surface area contributed by atoms with Crippen molar-refractivity contribution in [1.29, 1.82) is 0 Å². The summed E-state index contributed by atoms with van der Waals surface area (Å²) < 4.78 is 0. The molecular weight excluding hydrogens is 242 g/mol. The van der Waals surface area contributed by atoms with Crippen LogP contribution >= 0.6 is 35.6 Å². The molecule has 14 heavy (non-hydrogen) atoms. The molecule has 78 valence electrons. The molecule has 1 aliphatic heterocycles. The second kappa shape index (κ2) is 4.25. The molecule has 0 aliphatic carbocycles. The van der Waals surface area contributed by atoms with Crippen molar-refractivity contribution in [3.8, 4) is 0 Å². The van der Waals surface area contributed by atoms with Crippen molar-refractivity contribution in [2.75, 3.05) is 13.1 Å². The van der Waals surface area contributed by atoms with Gasteiger partial charge in [0.2, 0.25) is 0 Å². The fourth-order valence-electron chi connectivity index (χ4n) is 1.46. The molecule has 1 aromatic carbocycles. The summed E-state index contributed by atoms with van der Waals surface area (Å²) in [5.74, 6) is 0. The van der Waals surface area contributed by atoms with E-state index in [-0.39, 0.29) is 17.9 Å². The van der Waals surface area contributed by atoms with Crippen LogP contribution in [0.5, 0.6) is 0 Å². The van der Waals surface area contributed by atoms with Gasteiger partial charge in [-0.3, -0.25) is 0 Å². The van der Waals surface area contributed by atoms with Gasteiger partial charge in [0, 0.05) is 23.1 Å². The quantitative estimate of drug-likeness (QED) is 0.805. The van der Waals surface area contributed by atoms with Gasteiger partial charge in [-0.25, -0.2) is 0 Å². The standard InChI is InChI=1S/C9H10Cl2N2.ClH/c10-6-1-2-8(11)7(3-6)9(12)4-13-5-9;/h1-3,13H,4-5,12H2;1H. The maximum atomic E-state index is 6.09. The zero-order valence-electron chi connectivity index (χ0n) is 7.39. The molecular formula is C9H11Cl3N2. The summed E-state index contributed by atoms with van der Waals surface area (Å²) in [6, 6.07) is 5.39. The van der Waals surface area contributed by atoms with Gasteiger partial charge in [-0.1, -0.05) is 23.2 Å². The fraction of sp³-hybridized carbons (Fsp3) is 0.333. The molecule has 0 atom stereocenters. The van der Waals surface area contributed by atoms with Gasteiger partial charge in [-0.05, 0) is 23.8 Å². The van der Waals surface area contributed by atoms with Crippen LogP contribution in [0.3, 0.4) is 0 Å². The van der Waals surface area contributed by atoms with E-state index in [9.17, 15) is 0 Å². The predicted octanol–water partition coefficient (Wildman–Crippen LogP) is 2.17. The summed E-state index contributed by atoms with van der Waals surface area (Å²) in [7, 11) is 0. The molecule has 1 heterocycles. The Morgan fingerprint density at radius 1 is 1.29 bits per heavy atom. The Morgan fingerprint density at radius 3 is 2.43 bits per heavy atom. The van der Waals surface area contributed by atoms with E-state index >= 15 is 0 Å². The molecule has 1 aromatic rings. The SMILES string of the molecule is Cl.NC1(c2cc(Cl)ccc2Cl)CNC1. The van der Waals surface area contributed by atoms with E-state index in [1.54, 1.807) is 12.1 Å². The number of rotatable bonds is 1. The van der Waals surface area contributed by atoms with Gasteiger partial charge in [-0.15, -0.1) is 12.4 Å². The van der Waals surface area contributed by atoms with Crippen LogP contribution in [0.2, 0.25) is 10.0 Å². The molecule has 1 aliphatic rings. The monoisotopic (exact) mass is 252 g/mol. The van der Waals surface area contributed by atoms with Crippen molar-refractivity contribution >= 4 is 35.6 Å². The summed E-state index contributed by atoms with van der Waals surface area (Å²) in [5.41, 5.74) is 6.69. The highest BCUT2D eigenvalue weighted by Gasteiger charge is 2.35. The third-order valence-electron chi connectivity index (χ3n) is 2.35. The highest BCUT2D eigenvalue weighted by Crippen LogP contribution is 2.31. The average molecular weight is 254 g/mol. The molecule has 0 spiro atoms. The molecule has 2 rings (SSSR count). The van der Waals surface area contributed by atoms with E-state index in [4.69, 9.17) is 28.9 Å². The van der Waals surface area contributed by atoms with Crippen LogP contribution in [-0.4, -0.2) is 13.1 Å². The number of nitrogens with two attached hydrogens (primary N) is 1. The number of hydrogen-bond donors (Lipinski definition) is 2. The lowest BCUT2D eigenvalue weighted by molar-refractivity contribution is 0.287. The van der Waals surface area contributed by atoms with E-state index in [2.05, 4.69) is 5.32 Å². The van der Waals surface area contributed by atoms with Crippen LogP contribution in [0, 0.1) is 0 Å². The molecule has 0 amide bonds. The van der Waals surface area contributed by atoms with E-state index in [1.165, 1.54) is 0 Å². The first-order valence-corrected chi connectivity index (χ1v) is 4.82. The Balaban J connectivity index is 0.000000980. The Morgan fingerprint density at radius 2 is 1.93 bits per heavy atom. The lowest BCUT2D eigenvalue weighted by Gasteiger charge is -2.40. The maximum Gasteiger partial charge on any atom is 0.0677 e. The van der Waals surface area contributed by atoms with Crippen LogP contribution in [-0.2, 0) is 5.54 Å². The number of hydrogen-bond acceptors (Lipinski definition) is 2. The predicted molar refractivity (Wildman–Crippen MR) is 62.4 cm³/mol. The van der Waals surface area contributed by atoms with Gasteiger partial charge in [0.25, 0.3) is 0 Å². The maximum absolute atomic E-state index is 6.09. The van der Waals surface area contributed by atoms with Crippen molar-refractivity contribution in [2.45, 2.75) is 5.54 Å². The average Bonchev–Trinajstić information content (AvgIpc) is 2.05. The van der Waals surface area contributed by atoms with Crippen molar-refractivity contribution in [3.63, 3.8) is 0 Å². The van der Waals surface area contributed by atoms with Crippen LogP contribution in [0.4, 0.5) is 0 Å². The highest BCUT2D eigenvalue weighted by molar-refractivity contribution is 6.33. The summed E-state index contributed by atoms with van der Waals surface area (Å²) in [6.07, 6.45) is 0. The van der Waals surface area contributed by atoms with Gasteiger partial charge >= 0.3 is 0 Å². The summed E-state index contributed by atoms with van der Waals surface area (Å²) in [4.78, 5) is 0. The topological polar surface area (TPSA) is 38.0 Å². The van der Waals surface area contributed by atoms with Crippen molar-refractivity contribution in [3.05, 3.63) is 33.8 Å². The summed E-state index contributed by atoms with van der Waals surface area (Å²) in [6.45, 7) is 1.51. The minimum Gasteiger partial charge on any atom is -0.319 e. The lowest BCUT2D eigenvalue weighted by atomic mass is 9.85. The van der Waals surface area contributed by atoms with Gasteiger partial charge in [0.1, 0.15) is 0 Å². The largest absolute Gasteiger partial charge is 0.319 e. The van der Waals surface area contributed by atoms with Gasteiger partial charge in [0.15, 0.2) is 0 Å². The van der Waals surface area contributed by atoms with Gasteiger partial charge in [-0.2, -0.15) is 0 Å². The Labute approximate surface area is 99.2 Å². The van der Waals surface area contributed by atoms with Crippen LogP contribution in [0.1, 0.15) is 5.56 Å². The molecule has 0 unspecified atom stereocenters. The highest BCUT2D eigenvalue weighted by atomic mass is 35.5. The zero-order chi connectivity index (χ0) is 9.47. The van der Waals surface area contributed by atoms with Crippen molar-refractivity contribution < 1.29 is 0 Å². The lowest BCUT2D eigenvalue weighted by Crippen LogP contribution is -2.62. The Bertz CT molecular complexity index is 337. The third kappa shape index (κ3) is 2.00. The number of halogens is 3. The van der Waals surface area contributed by atoms with Crippen LogP contribution in [0.25, 0.3) is 0 Å². The second-order valence-corrected chi connectivity index (χ2v) is 4.23. The molecule has 2 nitrogen and oxygen atoms in total. The van der Waals surface area contributed by atoms with Crippen LogP contribution < -0.4 is 11.1 Å². The number of benzene rings is 1. The smallest absolute Gasteiger partial charge is 0.0677 e. The molecule has 1 fully saturated rings. The Kier molecular flexibility index (Phi) is 3.67. The molecule has 0 saturated carbocycles. The first-order valence-electron chi connectivity index (χ1n) is 4.07. The van der Waals surface area contributed by atoms with E-state index in [0.29, 0.717) is 10.0 Å². The van der Waals surface area contributed by atoms with Crippen LogP contribution in [0.15, 0.2) is 18.2 Å². The van der Waals surface area contributed by atoms with Gasteiger partial charge < -0.3 is 11.1 Å². The summed E-state index contributed by atoms with van der Waals surface area (Å²) >= 11 is 11.9. The van der Waals surface area contributed by atoms with E-state index in [0.717, 1.165) is 18.7 Å². The summed E-state index contributed by atoms with van der Waals surface area (Å²) in [5, 5.41) is 4.49. The van der Waals surface area contributed by atoms with Crippen molar-refractivity contribution in [1.82, 2.24) is 5.32 Å². The Hall–Kier alpha value is 0.01000. The van der Waals surface area contributed by atoms with E-state index in [1.807, 2.05) is 6.07 Å². The van der Waals surface area contributed by atoms with Gasteiger partial charge in [0.05, 0.1) is 5.54 Å². The zero-order valence-corrected chi connectivity index (χ0v) is 9.72. The van der Waals surface area contributed by atoms with Crippen molar-refractivity contribution in [2.24, 2.45) is 5.73 Å². The third-order valence-corrected chi connectivity index (χ3v) is 2.91. The fourth-order valence-corrected chi connectivity index (χ4v) is 1.94. The minimum atomic E-state index is -0.331.